The molecule has 3 aromatic carbocycles. The number of nitrogens with zero attached hydrogens (tertiary/aromatic N) is 1. The molecule has 208 valence electrons. The van der Waals surface area contributed by atoms with E-state index in [-0.39, 0.29) is 31.8 Å². The zero-order chi connectivity index (χ0) is 28.0. The highest BCUT2D eigenvalue weighted by molar-refractivity contribution is 7.92. The average molecular weight is 592 g/mol. The first-order valence-corrected chi connectivity index (χ1v) is 15.9. The molecule has 0 spiro atoms. The highest BCUT2D eigenvalue weighted by Crippen LogP contribution is 2.30. The molecule has 1 aliphatic heterocycles. The van der Waals surface area contributed by atoms with Gasteiger partial charge in [0.05, 0.1) is 38.4 Å². The fourth-order valence-electron chi connectivity index (χ4n) is 4.24. The van der Waals surface area contributed by atoms with Crippen molar-refractivity contribution in [1.29, 1.82) is 0 Å². The lowest BCUT2D eigenvalue weighted by molar-refractivity contribution is 0.102. The number of carbonyl (C=O) groups excluding carboxylic acids is 1. The van der Waals surface area contributed by atoms with Crippen LogP contribution < -0.4 is 14.8 Å². The predicted octanol–water partition coefficient (Wildman–Crippen LogP) is 5.36. The lowest BCUT2D eigenvalue weighted by Gasteiger charge is -2.20. The van der Waals surface area contributed by atoms with E-state index < -0.39 is 26.0 Å². The van der Waals surface area contributed by atoms with Crippen molar-refractivity contribution in [3.05, 3.63) is 77.3 Å². The minimum atomic E-state index is -4.02. The van der Waals surface area contributed by atoms with Gasteiger partial charge in [0.2, 0.25) is 10.0 Å². The summed E-state index contributed by atoms with van der Waals surface area (Å²) in [4.78, 5) is 13.3. The van der Waals surface area contributed by atoms with E-state index in [1.54, 1.807) is 24.3 Å². The van der Waals surface area contributed by atoms with Crippen LogP contribution >= 0.6 is 11.6 Å². The molecule has 1 amide bonds. The Hall–Kier alpha value is -3.12. The number of ether oxygens (including phenoxy) is 1. The van der Waals surface area contributed by atoms with Crippen LogP contribution in [0.2, 0.25) is 5.02 Å². The molecule has 0 unspecified atom stereocenters. The standard InChI is InChI=1S/C27H30ClN3O6S2/c1-2-37-20-11-13-21(14-12-20)38(33,34)30-25-10-6-5-9-23(25)27(32)29-26-19-22(15-16-24(26)28)39(35,36)31-17-7-3-4-8-18-31/h5-6,9-16,19,30H,2-4,7-8,17-18H2,1H3,(H,29,32). The number of nitrogens with one attached hydrogen (secondary N) is 2. The third kappa shape index (κ3) is 6.91. The fourth-order valence-corrected chi connectivity index (χ4v) is 7.03. The summed E-state index contributed by atoms with van der Waals surface area (Å²) >= 11 is 6.31. The molecule has 0 aliphatic carbocycles. The van der Waals surface area contributed by atoms with Crippen LogP contribution in [0.3, 0.4) is 0 Å². The summed E-state index contributed by atoms with van der Waals surface area (Å²) in [6.07, 6.45) is 3.55. The van der Waals surface area contributed by atoms with Crippen molar-refractivity contribution in [2.24, 2.45) is 0 Å². The molecule has 1 heterocycles. The Morgan fingerprint density at radius 3 is 2.18 bits per heavy atom. The molecule has 4 rings (SSSR count). The predicted molar refractivity (Wildman–Crippen MR) is 151 cm³/mol. The maximum absolute atomic E-state index is 13.3. The van der Waals surface area contributed by atoms with Crippen LogP contribution in [0, 0.1) is 0 Å². The second kappa shape index (κ2) is 12.4. The van der Waals surface area contributed by atoms with Gasteiger partial charge in [0.1, 0.15) is 5.75 Å². The third-order valence-electron chi connectivity index (χ3n) is 6.25. The number of benzene rings is 3. The lowest BCUT2D eigenvalue weighted by Crippen LogP contribution is -2.32. The minimum Gasteiger partial charge on any atom is -0.494 e. The van der Waals surface area contributed by atoms with E-state index in [2.05, 4.69) is 10.0 Å². The monoisotopic (exact) mass is 591 g/mol. The van der Waals surface area contributed by atoms with Crippen LogP contribution in [0.4, 0.5) is 11.4 Å². The van der Waals surface area contributed by atoms with Gasteiger partial charge in [-0.1, -0.05) is 36.6 Å². The molecule has 0 bridgehead atoms. The van der Waals surface area contributed by atoms with Gasteiger partial charge in [-0.2, -0.15) is 4.31 Å². The Morgan fingerprint density at radius 2 is 1.51 bits per heavy atom. The van der Waals surface area contributed by atoms with Gasteiger partial charge in [0, 0.05) is 13.1 Å². The van der Waals surface area contributed by atoms with Gasteiger partial charge in [-0.25, -0.2) is 16.8 Å². The largest absolute Gasteiger partial charge is 0.494 e. The number of anilines is 2. The first kappa shape index (κ1) is 28.9. The Morgan fingerprint density at radius 1 is 0.872 bits per heavy atom. The van der Waals surface area contributed by atoms with Crippen molar-refractivity contribution >= 4 is 48.9 Å². The Balaban J connectivity index is 1.57. The number of carbonyl (C=O) groups is 1. The summed E-state index contributed by atoms with van der Waals surface area (Å²) in [6, 6.07) is 16.2. The number of sulfonamides is 2. The van der Waals surface area contributed by atoms with Crippen LogP contribution in [0.25, 0.3) is 0 Å². The Labute approximate surface area is 234 Å². The molecule has 9 nitrogen and oxygen atoms in total. The third-order valence-corrected chi connectivity index (χ3v) is 9.86. The van der Waals surface area contributed by atoms with Gasteiger partial charge in [-0.05, 0) is 74.4 Å². The maximum atomic E-state index is 13.3. The molecule has 0 atom stereocenters. The summed E-state index contributed by atoms with van der Waals surface area (Å²) in [5.74, 6) is -0.126. The normalized spacial score (nSPS) is 14.8. The summed E-state index contributed by atoms with van der Waals surface area (Å²) in [5.41, 5.74) is 0.180. The van der Waals surface area contributed by atoms with Crippen molar-refractivity contribution in [1.82, 2.24) is 4.31 Å². The molecule has 1 fully saturated rings. The molecule has 0 aromatic heterocycles. The van der Waals surface area contributed by atoms with E-state index in [4.69, 9.17) is 16.3 Å². The SMILES string of the molecule is CCOc1ccc(S(=O)(=O)Nc2ccccc2C(=O)Nc2cc(S(=O)(=O)N3CCCCCC3)ccc2Cl)cc1. The molecule has 0 radical (unpaired) electrons. The highest BCUT2D eigenvalue weighted by atomic mass is 35.5. The first-order valence-electron chi connectivity index (χ1n) is 12.6. The Bertz CT molecular complexity index is 1540. The fraction of sp³-hybridized carbons (Fsp3) is 0.296. The molecular weight excluding hydrogens is 562 g/mol. The van der Waals surface area contributed by atoms with E-state index in [0.29, 0.717) is 25.4 Å². The van der Waals surface area contributed by atoms with E-state index >= 15 is 0 Å². The van der Waals surface area contributed by atoms with Gasteiger partial charge in [0.15, 0.2) is 0 Å². The summed E-state index contributed by atoms with van der Waals surface area (Å²) < 4.78 is 61.8. The van der Waals surface area contributed by atoms with E-state index in [1.807, 2.05) is 6.92 Å². The molecule has 39 heavy (non-hydrogen) atoms. The smallest absolute Gasteiger partial charge is 0.261 e. The van der Waals surface area contributed by atoms with Crippen molar-refractivity contribution in [3.63, 3.8) is 0 Å². The second-order valence-corrected chi connectivity index (χ2v) is 13.0. The number of hydrogen-bond donors (Lipinski definition) is 2. The minimum absolute atomic E-state index is 0.00405. The number of amides is 1. The topological polar surface area (TPSA) is 122 Å². The van der Waals surface area contributed by atoms with Crippen molar-refractivity contribution in [3.8, 4) is 5.75 Å². The average Bonchev–Trinajstić information content (AvgIpc) is 3.21. The molecule has 2 N–H and O–H groups in total. The first-order chi connectivity index (χ1) is 18.6. The van der Waals surface area contributed by atoms with Gasteiger partial charge in [-0.15, -0.1) is 0 Å². The van der Waals surface area contributed by atoms with Crippen LogP contribution in [0.5, 0.6) is 5.75 Å². The van der Waals surface area contributed by atoms with Crippen LogP contribution in [-0.2, 0) is 20.0 Å². The maximum Gasteiger partial charge on any atom is 0.261 e. The number of para-hydroxylation sites is 1. The van der Waals surface area contributed by atoms with Crippen molar-refractivity contribution < 1.29 is 26.4 Å². The second-order valence-electron chi connectivity index (χ2n) is 8.97. The highest BCUT2D eigenvalue weighted by Gasteiger charge is 2.26. The van der Waals surface area contributed by atoms with Gasteiger partial charge in [0.25, 0.3) is 15.9 Å². The van der Waals surface area contributed by atoms with E-state index in [1.165, 1.54) is 46.8 Å². The number of halogens is 1. The molecule has 0 saturated carbocycles. The number of rotatable bonds is 9. The quantitative estimate of drug-likeness (QED) is 0.346. The summed E-state index contributed by atoms with van der Waals surface area (Å²) in [7, 11) is -7.79. The van der Waals surface area contributed by atoms with Gasteiger partial charge in [-0.3, -0.25) is 9.52 Å². The molecular formula is C27H30ClN3O6S2. The molecule has 1 saturated heterocycles. The number of hydrogen-bond acceptors (Lipinski definition) is 6. The van der Waals surface area contributed by atoms with E-state index in [9.17, 15) is 21.6 Å². The molecule has 3 aromatic rings. The zero-order valence-electron chi connectivity index (χ0n) is 21.4. The van der Waals surface area contributed by atoms with Crippen LogP contribution in [0.1, 0.15) is 43.0 Å². The van der Waals surface area contributed by atoms with Crippen molar-refractivity contribution in [2.45, 2.75) is 42.4 Å². The van der Waals surface area contributed by atoms with Crippen LogP contribution in [-0.4, -0.2) is 46.7 Å². The van der Waals surface area contributed by atoms with Gasteiger partial charge >= 0.3 is 0 Å². The summed E-state index contributed by atoms with van der Waals surface area (Å²) in [5, 5.41) is 2.78. The molecule has 12 heteroatoms. The Kier molecular flexibility index (Phi) is 9.16. The zero-order valence-corrected chi connectivity index (χ0v) is 23.8. The van der Waals surface area contributed by atoms with Crippen molar-refractivity contribution in [2.75, 3.05) is 29.7 Å². The van der Waals surface area contributed by atoms with E-state index in [0.717, 1.165) is 25.7 Å². The molecule has 1 aliphatic rings. The summed E-state index contributed by atoms with van der Waals surface area (Å²) in [6.45, 7) is 3.15. The lowest BCUT2D eigenvalue weighted by atomic mass is 10.1. The van der Waals surface area contributed by atoms with Crippen LogP contribution in [0.15, 0.2) is 76.5 Å². The van der Waals surface area contributed by atoms with Gasteiger partial charge < -0.3 is 10.1 Å².